The lowest BCUT2D eigenvalue weighted by atomic mass is 9.55. The summed E-state index contributed by atoms with van der Waals surface area (Å²) < 4.78 is 3.60. The van der Waals surface area contributed by atoms with Crippen LogP contribution < -0.4 is 11.1 Å². The van der Waals surface area contributed by atoms with Gasteiger partial charge < -0.3 is 11.1 Å². The van der Waals surface area contributed by atoms with Gasteiger partial charge in [-0.15, -0.1) is 0 Å². The predicted molar refractivity (Wildman–Crippen MR) is 116 cm³/mol. The van der Waals surface area contributed by atoms with Crippen molar-refractivity contribution in [2.75, 3.05) is 12.3 Å². The average molecular weight is 417 g/mol. The molecule has 3 bridgehead atoms. The molecule has 0 radical (unpaired) electrons. The number of nitrogens with zero attached hydrogens (tertiary/aromatic N) is 4. The van der Waals surface area contributed by atoms with Crippen LogP contribution in [-0.4, -0.2) is 31.6 Å². The highest BCUT2D eigenvalue weighted by molar-refractivity contribution is 5.93. The number of carbonyl (C=O) groups is 1. The highest BCUT2D eigenvalue weighted by Gasteiger charge is 2.70. The molecule has 4 aliphatic rings. The zero-order chi connectivity index (χ0) is 20.8. The molecule has 4 aliphatic carbocycles. The maximum absolute atomic E-state index is 13.2. The van der Waals surface area contributed by atoms with E-state index >= 15 is 0 Å². The lowest BCUT2D eigenvalue weighted by molar-refractivity contribution is -0.00254. The molecule has 3 N–H and O–H groups in total. The second kappa shape index (κ2) is 5.90. The van der Waals surface area contributed by atoms with Crippen molar-refractivity contribution in [3.8, 4) is 0 Å². The Morgan fingerprint density at radius 3 is 3.00 bits per heavy atom. The summed E-state index contributed by atoms with van der Waals surface area (Å²) in [5.74, 6) is 3.41. The number of nitrogens with two attached hydrogens (primary N) is 1. The zero-order valence-corrected chi connectivity index (χ0v) is 17.6. The van der Waals surface area contributed by atoms with Crippen LogP contribution >= 0.6 is 0 Å². The number of anilines is 1. The first-order valence-electron chi connectivity index (χ1n) is 11.6. The number of rotatable bonds is 5. The molecule has 3 aromatic rings. The number of imidazole rings is 1. The van der Waals surface area contributed by atoms with Crippen molar-refractivity contribution in [2.45, 2.75) is 45.1 Å². The van der Waals surface area contributed by atoms with E-state index in [2.05, 4.69) is 15.4 Å². The number of hydrogen-bond donors (Lipinski definition) is 2. The molecular formula is C24H28N6O. The van der Waals surface area contributed by atoms with Gasteiger partial charge in [0, 0.05) is 12.7 Å². The molecule has 7 rings (SSSR count). The molecule has 5 unspecified atom stereocenters. The number of aromatic nitrogens is 4. The Morgan fingerprint density at radius 1 is 1.19 bits per heavy atom. The summed E-state index contributed by atoms with van der Waals surface area (Å²) in [6.07, 6.45) is 11.9. The quantitative estimate of drug-likeness (QED) is 0.669. The second-order valence-electron chi connectivity index (χ2n) is 10.7. The van der Waals surface area contributed by atoms with Crippen molar-refractivity contribution in [1.82, 2.24) is 24.5 Å². The van der Waals surface area contributed by atoms with E-state index in [1.54, 1.807) is 16.9 Å². The molecule has 4 saturated carbocycles. The van der Waals surface area contributed by atoms with E-state index in [9.17, 15) is 4.79 Å². The molecule has 0 aliphatic heterocycles. The minimum Gasteiger partial charge on any atom is -0.384 e. The second-order valence-corrected chi connectivity index (χ2v) is 10.7. The summed E-state index contributed by atoms with van der Waals surface area (Å²) in [6, 6.07) is 7.48. The minimum absolute atomic E-state index is 0.00579. The summed E-state index contributed by atoms with van der Waals surface area (Å²) in [5, 5.41) is 7.55. The lowest BCUT2D eigenvalue weighted by Crippen LogP contribution is -2.43. The molecule has 3 aromatic heterocycles. The van der Waals surface area contributed by atoms with E-state index in [-0.39, 0.29) is 5.91 Å². The van der Waals surface area contributed by atoms with Gasteiger partial charge >= 0.3 is 0 Å². The summed E-state index contributed by atoms with van der Waals surface area (Å²) in [5.41, 5.74) is 9.16. The molecule has 5 atom stereocenters. The standard InChI is InChI=1S/C24H28N6O/c25-20-4-5-27-30(20)12-18-11-29-19(2-1-3-21(29)28-18)22(31)26-14-23-8-15-6-16-7-17(10-23)24(16,9-15)13-23/h1-5,11,15-17H,6-10,12-14,25H2,(H,26,31). The van der Waals surface area contributed by atoms with Gasteiger partial charge in [0.1, 0.15) is 17.2 Å². The molecule has 0 saturated heterocycles. The molecule has 7 nitrogen and oxygen atoms in total. The van der Waals surface area contributed by atoms with Gasteiger partial charge in [0.05, 0.1) is 18.4 Å². The molecule has 1 spiro atoms. The maximum Gasteiger partial charge on any atom is 0.268 e. The first kappa shape index (κ1) is 17.8. The molecule has 1 amide bonds. The number of hydrogen-bond acceptors (Lipinski definition) is 4. The van der Waals surface area contributed by atoms with Gasteiger partial charge in [-0.2, -0.15) is 5.10 Å². The minimum atomic E-state index is -0.00579. The molecule has 0 aromatic carbocycles. The summed E-state index contributed by atoms with van der Waals surface area (Å²) in [7, 11) is 0. The van der Waals surface area contributed by atoms with Crippen LogP contribution in [0.2, 0.25) is 0 Å². The lowest BCUT2D eigenvalue weighted by Gasteiger charge is -2.49. The Balaban J connectivity index is 1.12. The van der Waals surface area contributed by atoms with Gasteiger partial charge in [-0.3, -0.25) is 9.20 Å². The van der Waals surface area contributed by atoms with Crippen LogP contribution in [0.15, 0.2) is 36.7 Å². The molecule has 4 fully saturated rings. The number of nitrogen functional groups attached to an aromatic ring is 1. The molecule has 160 valence electrons. The Morgan fingerprint density at radius 2 is 2.13 bits per heavy atom. The molecule has 7 heteroatoms. The van der Waals surface area contributed by atoms with Crippen molar-refractivity contribution in [3.05, 3.63) is 48.0 Å². The van der Waals surface area contributed by atoms with E-state index in [1.165, 1.54) is 38.5 Å². The van der Waals surface area contributed by atoms with Crippen LogP contribution in [0.4, 0.5) is 5.82 Å². The van der Waals surface area contributed by atoms with E-state index in [4.69, 9.17) is 5.73 Å². The number of pyridine rings is 1. The SMILES string of the molecule is Nc1ccnn1Cc1cn2c(C(=O)NCC34CC5CC6CC(C3)C6(C5)C4)cccc2n1. The Labute approximate surface area is 181 Å². The fourth-order valence-electron chi connectivity index (χ4n) is 8.05. The number of nitrogens with one attached hydrogen (secondary N) is 1. The fraction of sp³-hybridized carbons (Fsp3) is 0.542. The Hall–Kier alpha value is -2.83. The molecule has 3 heterocycles. The molecule has 31 heavy (non-hydrogen) atoms. The van der Waals surface area contributed by atoms with Crippen molar-refractivity contribution < 1.29 is 4.79 Å². The first-order chi connectivity index (χ1) is 15.0. The number of amides is 1. The van der Waals surface area contributed by atoms with E-state index < -0.39 is 0 Å². The topological polar surface area (TPSA) is 90.2 Å². The number of fused-ring (bicyclic) bond motifs is 3. The van der Waals surface area contributed by atoms with Crippen LogP contribution in [0, 0.1) is 28.6 Å². The summed E-state index contributed by atoms with van der Waals surface area (Å²) in [6.45, 7) is 1.30. The summed E-state index contributed by atoms with van der Waals surface area (Å²) >= 11 is 0. The maximum atomic E-state index is 13.2. The van der Waals surface area contributed by atoms with Crippen LogP contribution in [0.25, 0.3) is 5.65 Å². The Kier molecular flexibility index (Phi) is 3.39. The number of carbonyl (C=O) groups excluding carboxylic acids is 1. The van der Waals surface area contributed by atoms with E-state index in [1.807, 2.05) is 28.8 Å². The van der Waals surface area contributed by atoms with Gasteiger partial charge in [-0.05, 0) is 85.3 Å². The molecular weight excluding hydrogens is 388 g/mol. The first-order valence-corrected chi connectivity index (χ1v) is 11.6. The van der Waals surface area contributed by atoms with Gasteiger partial charge in [0.25, 0.3) is 5.91 Å². The fourth-order valence-corrected chi connectivity index (χ4v) is 8.05. The Bertz CT molecular complexity index is 1210. The zero-order valence-electron chi connectivity index (χ0n) is 17.6. The smallest absolute Gasteiger partial charge is 0.268 e. The highest BCUT2D eigenvalue weighted by Crippen LogP contribution is 2.78. The van der Waals surface area contributed by atoms with Gasteiger partial charge in [-0.25, -0.2) is 9.67 Å². The highest BCUT2D eigenvalue weighted by atomic mass is 16.1. The third-order valence-corrected chi connectivity index (χ3v) is 9.05. The van der Waals surface area contributed by atoms with Crippen LogP contribution in [0.1, 0.15) is 54.7 Å². The monoisotopic (exact) mass is 416 g/mol. The average Bonchev–Trinajstić information content (AvgIpc) is 3.44. The predicted octanol–water partition coefficient (Wildman–Crippen LogP) is 3.11. The van der Waals surface area contributed by atoms with Crippen LogP contribution in [0.3, 0.4) is 0 Å². The van der Waals surface area contributed by atoms with Crippen LogP contribution in [-0.2, 0) is 6.54 Å². The van der Waals surface area contributed by atoms with Gasteiger partial charge in [-0.1, -0.05) is 6.07 Å². The van der Waals surface area contributed by atoms with Gasteiger partial charge in [0.15, 0.2) is 0 Å². The van der Waals surface area contributed by atoms with Crippen molar-refractivity contribution in [3.63, 3.8) is 0 Å². The third kappa shape index (κ3) is 2.43. The van der Waals surface area contributed by atoms with E-state index in [0.717, 1.165) is 35.6 Å². The van der Waals surface area contributed by atoms with Gasteiger partial charge in [0.2, 0.25) is 0 Å². The van der Waals surface area contributed by atoms with E-state index in [0.29, 0.717) is 28.9 Å². The van der Waals surface area contributed by atoms with Crippen molar-refractivity contribution in [1.29, 1.82) is 0 Å². The summed E-state index contributed by atoms with van der Waals surface area (Å²) in [4.78, 5) is 17.9. The third-order valence-electron chi connectivity index (χ3n) is 9.05. The van der Waals surface area contributed by atoms with Crippen LogP contribution in [0.5, 0.6) is 0 Å². The largest absolute Gasteiger partial charge is 0.384 e. The van der Waals surface area contributed by atoms with Crippen molar-refractivity contribution >= 4 is 17.4 Å². The van der Waals surface area contributed by atoms with Crippen molar-refractivity contribution in [2.24, 2.45) is 28.6 Å². The normalized spacial score (nSPS) is 34.8.